The number of halogens is 2. The molecule has 0 aromatic heterocycles. The first-order valence-corrected chi connectivity index (χ1v) is 13.2. The number of sulfonamides is 1. The molecule has 34 heavy (non-hydrogen) atoms. The number of para-hydroxylation sites is 1. The lowest BCUT2D eigenvalue weighted by Gasteiger charge is -2.24. The molecule has 0 saturated heterocycles. The maximum absolute atomic E-state index is 14.5. The average molecular weight is 523 g/mol. The molecule has 0 aliphatic heterocycles. The van der Waals surface area contributed by atoms with Gasteiger partial charge in [0.2, 0.25) is 5.91 Å². The van der Waals surface area contributed by atoms with Crippen LogP contribution in [0, 0.1) is 5.82 Å². The Morgan fingerprint density at radius 2 is 1.74 bits per heavy atom. The minimum Gasteiger partial charge on any atom is -0.497 e. The van der Waals surface area contributed by atoms with Crippen LogP contribution in [0.5, 0.6) is 5.75 Å². The molecule has 1 N–H and O–H groups in total. The van der Waals surface area contributed by atoms with Crippen LogP contribution >= 0.6 is 23.4 Å². The van der Waals surface area contributed by atoms with Crippen molar-refractivity contribution in [2.24, 2.45) is 0 Å². The highest BCUT2D eigenvalue weighted by Crippen LogP contribution is 2.27. The van der Waals surface area contributed by atoms with Crippen LogP contribution in [0.2, 0.25) is 5.02 Å². The number of thioether (sulfide) groups is 1. The second-order valence-corrected chi connectivity index (χ2v) is 10.6. The van der Waals surface area contributed by atoms with Crippen molar-refractivity contribution in [2.75, 3.05) is 30.3 Å². The number of nitrogens with one attached hydrogen (secondary N) is 1. The van der Waals surface area contributed by atoms with E-state index in [1.165, 1.54) is 49.6 Å². The van der Waals surface area contributed by atoms with Crippen molar-refractivity contribution in [1.29, 1.82) is 0 Å². The summed E-state index contributed by atoms with van der Waals surface area (Å²) >= 11 is 7.50. The first kappa shape index (κ1) is 25.9. The van der Waals surface area contributed by atoms with Crippen LogP contribution in [0.4, 0.5) is 10.1 Å². The number of carbonyl (C=O) groups is 1. The van der Waals surface area contributed by atoms with Gasteiger partial charge >= 0.3 is 0 Å². The molecule has 0 heterocycles. The lowest BCUT2D eigenvalue weighted by molar-refractivity contribution is -0.119. The molecule has 0 aliphatic carbocycles. The first-order valence-electron chi connectivity index (χ1n) is 10.4. The van der Waals surface area contributed by atoms with Crippen molar-refractivity contribution in [1.82, 2.24) is 5.32 Å². The summed E-state index contributed by atoms with van der Waals surface area (Å²) in [4.78, 5) is 13.6. The molecule has 0 spiro atoms. The molecule has 0 aliphatic rings. The van der Waals surface area contributed by atoms with E-state index >= 15 is 0 Å². The molecule has 0 unspecified atom stereocenters. The van der Waals surface area contributed by atoms with Gasteiger partial charge in [-0.05, 0) is 72.8 Å². The van der Waals surface area contributed by atoms with Crippen LogP contribution in [0.25, 0.3) is 0 Å². The van der Waals surface area contributed by atoms with Gasteiger partial charge in [-0.1, -0.05) is 23.7 Å². The predicted molar refractivity (Wildman–Crippen MR) is 134 cm³/mol. The Balaban J connectivity index is 1.66. The number of nitrogens with zero attached hydrogens (tertiary/aromatic N) is 1. The van der Waals surface area contributed by atoms with Gasteiger partial charge < -0.3 is 10.1 Å². The molecule has 3 rings (SSSR count). The van der Waals surface area contributed by atoms with Gasteiger partial charge in [-0.2, -0.15) is 0 Å². The summed E-state index contributed by atoms with van der Waals surface area (Å²) in [6, 6.07) is 18.6. The first-order chi connectivity index (χ1) is 16.3. The Hall–Kier alpha value is -2.75. The number of ether oxygens (including phenoxy) is 1. The number of benzene rings is 3. The fourth-order valence-corrected chi connectivity index (χ4v) is 5.44. The van der Waals surface area contributed by atoms with Crippen molar-refractivity contribution >= 4 is 45.0 Å². The largest absolute Gasteiger partial charge is 0.497 e. The SMILES string of the molecule is COc1ccc(S(=O)(=O)N(CC(=O)NCCCSc2ccc(Cl)cc2)c2ccccc2F)cc1. The molecule has 180 valence electrons. The van der Waals surface area contributed by atoms with E-state index in [0.29, 0.717) is 23.7 Å². The van der Waals surface area contributed by atoms with E-state index in [-0.39, 0.29) is 10.6 Å². The smallest absolute Gasteiger partial charge is 0.264 e. The summed E-state index contributed by atoms with van der Waals surface area (Å²) < 4.78 is 47.0. The van der Waals surface area contributed by atoms with Crippen molar-refractivity contribution in [3.05, 3.63) is 83.6 Å². The van der Waals surface area contributed by atoms with Gasteiger partial charge in [0.05, 0.1) is 17.7 Å². The van der Waals surface area contributed by atoms with Gasteiger partial charge in [0.15, 0.2) is 0 Å². The predicted octanol–water partition coefficient (Wildman–Crippen LogP) is 4.98. The van der Waals surface area contributed by atoms with E-state index in [9.17, 15) is 17.6 Å². The zero-order chi connectivity index (χ0) is 24.6. The summed E-state index contributed by atoms with van der Waals surface area (Å²) in [7, 11) is -2.74. The van der Waals surface area contributed by atoms with Crippen LogP contribution in [-0.4, -0.2) is 40.3 Å². The molecule has 0 saturated carbocycles. The molecular weight excluding hydrogens is 499 g/mol. The average Bonchev–Trinajstić information content (AvgIpc) is 2.84. The minimum absolute atomic E-state index is 0.0799. The summed E-state index contributed by atoms with van der Waals surface area (Å²) in [5.41, 5.74) is -0.202. The number of carbonyl (C=O) groups excluding carboxylic acids is 1. The normalized spacial score (nSPS) is 11.1. The Kier molecular flexibility index (Phi) is 9.20. The van der Waals surface area contributed by atoms with Gasteiger partial charge in [-0.15, -0.1) is 11.8 Å². The second-order valence-electron chi connectivity index (χ2n) is 7.14. The molecule has 1 amide bonds. The number of amides is 1. The second kappa shape index (κ2) is 12.1. The Bertz CT molecular complexity index is 1210. The highest BCUT2D eigenvalue weighted by molar-refractivity contribution is 7.99. The zero-order valence-electron chi connectivity index (χ0n) is 18.4. The quantitative estimate of drug-likeness (QED) is 0.284. The van der Waals surface area contributed by atoms with Crippen molar-refractivity contribution in [3.8, 4) is 5.75 Å². The van der Waals surface area contributed by atoms with Crippen LogP contribution < -0.4 is 14.4 Å². The molecule has 3 aromatic carbocycles. The third-order valence-corrected chi connectivity index (χ3v) is 7.91. The van der Waals surface area contributed by atoms with E-state index < -0.39 is 28.3 Å². The molecule has 6 nitrogen and oxygen atoms in total. The topological polar surface area (TPSA) is 75.7 Å². The van der Waals surface area contributed by atoms with Gasteiger partial charge in [0.25, 0.3) is 10.0 Å². The third kappa shape index (κ3) is 6.88. The standard InChI is InChI=1S/C24H24ClFN2O4S2/c1-32-19-9-13-21(14-10-19)34(30,31)28(23-6-3-2-5-22(23)26)17-24(29)27-15-4-16-33-20-11-7-18(25)8-12-20/h2-3,5-14H,4,15-17H2,1H3,(H,27,29). The Morgan fingerprint density at radius 1 is 1.06 bits per heavy atom. The molecule has 0 radical (unpaired) electrons. The number of rotatable bonds is 11. The molecule has 3 aromatic rings. The molecule has 0 fully saturated rings. The van der Waals surface area contributed by atoms with E-state index in [0.717, 1.165) is 21.0 Å². The number of hydrogen-bond donors (Lipinski definition) is 1. The van der Waals surface area contributed by atoms with Gasteiger partial charge in [0, 0.05) is 16.5 Å². The van der Waals surface area contributed by atoms with Gasteiger partial charge in [-0.3, -0.25) is 9.10 Å². The third-order valence-electron chi connectivity index (χ3n) is 4.78. The van der Waals surface area contributed by atoms with Crippen molar-refractivity contribution in [2.45, 2.75) is 16.2 Å². The van der Waals surface area contributed by atoms with E-state index in [1.54, 1.807) is 11.8 Å². The van der Waals surface area contributed by atoms with E-state index in [1.807, 2.05) is 24.3 Å². The number of anilines is 1. The molecule has 0 bridgehead atoms. The van der Waals surface area contributed by atoms with Crippen molar-refractivity contribution < 1.29 is 22.3 Å². The molecule has 10 heteroatoms. The van der Waals surface area contributed by atoms with Gasteiger partial charge in [0.1, 0.15) is 18.1 Å². The van der Waals surface area contributed by atoms with Crippen LogP contribution in [0.15, 0.2) is 82.6 Å². The number of methoxy groups -OCH3 is 1. The maximum Gasteiger partial charge on any atom is 0.264 e. The molecule has 0 atom stereocenters. The van der Waals surface area contributed by atoms with E-state index in [4.69, 9.17) is 16.3 Å². The Labute approximate surface area is 208 Å². The summed E-state index contributed by atoms with van der Waals surface area (Å²) in [6.07, 6.45) is 0.671. The summed E-state index contributed by atoms with van der Waals surface area (Å²) in [5.74, 6) is -0.0440. The van der Waals surface area contributed by atoms with Gasteiger partial charge in [-0.25, -0.2) is 12.8 Å². The lowest BCUT2D eigenvalue weighted by atomic mass is 10.3. The summed E-state index contributed by atoms with van der Waals surface area (Å²) in [5, 5.41) is 3.38. The zero-order valence-corrected chi connectivity index (χ0v) is 20.8. The monoisotopic (exact) mass is 522 g/mol. The lowest BCUT2D eigenvalue weighted by Crippen LogP contribution is -2.41. The van der Waals surface area contributed by atoms with Crippen LogP contribution in [0.3, 0.4) is 0 Å². The molecular formula is C24H24ClFN2O4S2. The minimum atomic E-state index is -4.21. The fourth-order valence-electron chi connectivity index (χ4n) is 3.04. The maximum atomic E-state index is 14.5. The van der Waals surface area contributed by atoms with Crippen LogP contribution in [-0.2, 0) is 14.8 Å². The fraction of sp³-hybridized carbons (Fsp3) is 0.208. The summed E-state index contributed by atoms with van der Waals surface area (Å²) in [6.45, 7) is -0.202. The number of hydrogen-bond acceptors (Lipinski definition) is 5. The van der Waals surface area contributed by atoms with Crippen LogP contribution in [0.1, 0.15) is 6.42 Å². The highest BCUT2D eigenvalue weighted by atomic mass is 35.5. The van der Waals surface area contributed by atoms with Crippen molar-refractivity contribution in [3.63, 3.8) is 0 Å². The Morgan fingerprint density at radius 3 is 2.38 bits per heavy atom. The van der Waals surface area contributed by atoms with E-state index in [2.05, 4.69) is 5.32 Å². The highest BCUT2D eigenvalue weighted by Gasteiger charge is 2.29.